The van der Waals surface area contributed by atoms with E-state index in [1.54, 1.807) is 0 Å². The third-order valence-electron chi connectivity index (χ3n) is 5.41. The highest BCUT2D eigenvalue weighted by atomic mass is 16.4. The summed E-state index contributed by atoms with van der Waals surface area (Å²) in [6.45, 7) is 7.51. The van der Waals surface area contributed by atoms with Gasteiger partial charge in [-0.2, -0.15) is 0 Å². The zero-order valence-corrected chi connectivity index (χ0v) is 13.4. The van der Waals surface area contributed by atoms with Gasteiger partial charge >= 0.3 is 5.97 Å². The third kappa shape index (κ3) is 3.36. The molecule has 1 heterocycles. The van der Waals surface area contributed by atoms with E-state index in [0.29, 0.717) is 6.04 Å². The van der Waals surface area contributed by atoms with Crippen LogP contribution in [0.2, 0.25) is 0 Å². The van der Waals surface area contributed by atoms with Crippen LogP contribution in [0.4, 0.5) is 0 Å². The van der Waals surface area contributed by atoms with Crippen LogP contribution < -0.4 is 0 Å². The smallest absolute Gasteiger partial charge is 0.323 e. The number of rotatable bonds is 4. The van der Waals surface area contributed by atoms with E-state index in [2.05, 4.69) is 18.7 Å². The Morgan fingerprint density at radius 1 is 1.30 bits per heavy atom. The molecule has 0 spiro atoms. The highest BCUT2D eigenvalue weighted by Gasteiger charge is 2.45. The second-order valence-corrected chi connectivity index (χ2v) is 7.55. The Hall–Kier alpha value is -0.570. The number of carboxylic acids is 1. The Kier molecular flexibility index (Phi) is 5.11. The largest absolute Gasteiger partial charge is 0.480 e. The van der Waals surface area contributed by atoms with Crippen molar-refractivity contribution >= 4 is 5.97 Å². The monoisotopic (exact) mass is 281 g/mol. The van der Waals surface area contributed by atoms with E-state index >= 15 is 0 Å². The van der Waals surface area contributed by atoms with Crippen molar-refractivity contribution in [1.29, 1.82) is 0 Å². The van der Waals surface area contributed by atoms with E-state index in [9.17, 15) is 9.90 Å². The molecule has 1 saturated heterocycles. The van der Waals surface area contributed by atoms with E-state index in [0.717, 1.165) is 37.6 Å². The molecule has 1 aliphatic heterocycles. The molecule has 2 aliphatic rings. The highest BCUT2D eigenvalue weighted by Crippen LogP contribution is 2.38. The van der Waals surface area contributed by atoms with Gasteiger partial charge in [0, 0.05) is 6.04 Å². The number of carboxylic acid groups (broad SMARTS) is 1. The average Bonchev–Trinajstić information content (AvgIpc) is 2.38. The maximum atomic E-state index is 11.7. The van der Waals surface area contributed by atoms with Gasteiger partial charge in [0.1, 0.15) is 5.54 Å². The van der Waals surface area contributed by atoms with Crippen LogP contribution in [0.1, 0.15) is 72.1 Å². The van der Waals surface area contributed by atoms with Crippen molar-refractivity contribution < 1.29 is 9.90 Å². The Bertz CT molecular complexity index is 342. The molecule has 0 aromatic rings. The summed E-state index contributed by atoms with van der Waals surface area (Å²) in [5, 5.41) is 9.67. The lowest BCUT2D eigenvalue weighted by Crippen LogP contribution is -2.59. The minimum absolute atomic E-state index is 0.494. The van der Waals surface area contributed by atoms with Gasteiger partial charge in [-0.15, -0.1) is 0 Å². The summed E-state index contributed by atoms with van der Waals surface area (Å²) in [6, 6.07) is 0.494. The van der Waals surface area contributed by atoms with Gasteiger partial charge in [-0.25, -0.2) is 0 Å². The topological polar surface area (TPSA) is 40.5 Å². The first-order valence-electron chi connectivity index (χ1n) is 8.43. The summed E-state index contributed by atoms with van der Waals surface area (Å²) in [5.74, 6) is 0.933. The summed E-state index contributed by atoms with van der Waals surface area (Å²) in [7, 11) is 0. The summed E-state index contributed by atoms with van der Waals surface area (Å²) in [4.78, 5) is 14.1. The van der Waals surface area contributed by atoms with Gasteiger partial charge in [-0.3, -0.25) is 9.69 Å². The molecule has 3 unspecified atom stereocenters. The number of hydrogen-bond donors (Lipinski definition) is 1. The molecule has 3 heteroatoms. The fourth-order valence-corrected chi connectivity index (χ4v) is 4.38. The lowest BCUT2D eigenvalue weighted by Gasteiger charge is -2.48. The average molecular weight is 281 g/mol. The fourth-order valence-electron chi connectivity index (χ4n) is 4.38. The lowest BCUT2D eigenvalue weighted by atomic mass is 9.77. The third-order valence-corrected chi connectivity index (χ3v) is 5.41. The zero-order valence-electron chi connectivity index (χ0n) is 13.4. The normalized spacial score (nSPS) is 36.2. The van der Waals surface area contributed by atoms with Crippen LogP contribution >= 0.6 is 0 Å². The number of likely N-dealkylation sites (tertiary alicyclic amines) is 1. The van der Waals surface area contributed by atoms with Crippen molar-refractivity contribution in [2.75, 3.05) is 6.54 Å². The van der Waals surface area contributed by atoms with Gasteiger partial charge < -0.3 is 5.11 Å². The van der Waals surface area contributed by atoms with Crippen molar-refractivity contribution in [2.45, 2.75) is 83.7 Å². The Balaban J connectivity index is 2.06. The molecule has 3 nitrogen and oxygen atoms in total. The van der Waals surface area contributed by atoms with E-state index in [-0.39, 0.29) is 0 Å². The minimum atomic E-state index is -0.622. The standard InChI is InChI=1S/C17H31NO2/c1-13(2)11-14-7-6-8-15(12-14)18-10-5-4-9-17(18,3)16(19)20/h13-15H,4-12H2,1-3H3,(H,19,20). The zero-order chi connectivity index (χ0) is 14.8. The molecular weight excluding hydrogens is 250 g/mol. The van der Waals surface area contributed by atoms with Crippen molar-refractivity contribution in [3.8, 4) is 0 Å². The molecule has 0 aromatic carbocycles. The quantitative estimate of drug-likeness (QED) is 0.849. The second kappa shape index (κ2) is 6.46. The van der Waals surface area contributed by atoms with Gasteiger partial charge in [0.25, 0.3) is 0 Å². The molecule has 0 bridgehead atoms. The Labute approximate surface area is 123 Å². The van der Waals surface area contributed by atoms with Gasteiger partial charge in [0.2, 0.25) is 0 Å². The summed E-state index contributed by atoms with van der Waals surface area (Å²) in [5.41, 5.74) is -0.622. The molecule has 0 aromatic heterocycles. The van der Waals surface area contributed by atoms with Crippen LogP contribution in [0.5, 0.6) is 0 Å². The van der Waals surface area contributed by atoms with Crippen LogP contribution in [-0.4, -0.2) is 34.1 Å². The van der Waals surface area contributed by atoms with Gasteiger partial charge in [-0.05, 0) is 63.8 Å². The van der Waals surface area contributed by atoms with E-state index in [4.69, 9.17) is 0 Å². The number of nitrogens with zero attached hydrogens (tertiary/aromatic N) is 1. The molecule has 20 heavy (non-hydrogen) atoms. The first kappa shape index (κ1) is 15.8. The maximum absolute atomic E-state index is 11.7. The minimum Gasteiger partial charge on any atom is -0.480 e. The molecule has 116 valence electrons. The predicted octanol–water partition coefficient (Wildman–Crippen LogP) is 3.92. The van der Waals surface area contributed by atoms with Crippen LogP contribution in [0.3, 0.4) is 0 Å². The van der Waals surface area contributed by atoms with Crippen LogP contribution in [0.25, 0.3) is 0 Å². The Morgan fingerprint density at radius 2 is 2.05 bits per heavy atom. The molecule has 1 aliphatic carbocycles. The van der Waals surface area contributed by atoms with Gasteiger partial charge in [0.15, 0.2) is 0 Å². The number of piperidine rings is 1. The molecule has 1 saturated carbocycles. The molecule has 1 N–H and O–H groups in total. The SMILES string of the molecule is CC(C)CC1CCCC(N2CCCCC2(C)C(=O)O)C1. The van der Waals surface area contributed by atoms with E-state index in [1.165, 1.54) is 32.1 Å². The van der Waals surface area contributed by atoms with Crippen LogP contribution in [0, 0.1) is 11.8 Å². The summed E-state index contributed by atoms with van der Waals surface area (Å²) in [6.07, 6.45) is 9.34. The van der Waals surface area contributed by atoms with Crippen LogP contribution in [-0.2, 0) is 4.79 Å². The molecule has 3 atom stereocenters. The van der Waals surface area contributed by atoms with E-state index in [1.807, 2.05) is 6.92 Å². The van der Waals surface area contributed by atoms with E-state index < -0.39 is 11.5 Å². The van der Waals surface area contributed by atoms with Crippen molar-refractivity contribution in [3.05, 3.63) is 0 Å². The van der Waals surface area contributed by atoms with Gasteiger partial charge in [-0.1, -0.05) is 26.7 Å². The van der Waals surface area contributed by atoms with Gasteiger partial charge in [0.05, 0.1) is 0 Å². The number of hydrogen-bond acceptors (Lipinski definition) is 2. The van der Waals surface area contributed by atoms with Crippen molar-refractivity contribution in [1.82, 2.24) is 4.90 Å². The summed E-state index contributed by atoms with van der Waals surface area (Å²) >= 11 is 0. The molecular formula is C17H31NO2. The number of aliphatic carboxylic acids is 1. The first-order valence-corrected chi connectivity index (χ1v) is 8.43. The predicted molar refractivity (Wildman–Crippen MR) is 81.8 cm³/mol. The molecule has 0 amide bonds. The lowest BCUT2D eigenvalue weighted by molar-refractivity contribution is -0.156. The number of carbonyl (C=O) groups is 1. The summed E-state index contributed by atoms with van der Waals surface area (Å²) < 4.78 is 0. The molecule has 2 fully saturated rings. The molecule has 0 radical (unpaired) electrons. The Morgan fingerprint density at radius 3 is 2.70 bits per heavy atom. The van der Waals surface area contributed by atoms with Crippen molar-refractivity contribution in [3.63, 3.8) is 0 Å². The maximum Gasteiger partial charge on any atom is 0.323 e. The van der Waals surface area contributed by atoms with Crippen LogP contribution in [0.15, 0.2) is 0 Å². The fraction of sp³-hybridized carbons (Fsp3) is 0.941. The van der Waals surface area contributed by atoms with Crippen molar-refractivity contribution in [2.24, 2.45) is 11.8 Å². The molecule has 2 rings (SSSR count). The second-order valence-electron chi connectivity index (χ2n) is 7.55. The highest BCUT2D eigenvalue weighted by molar-refractivity contribution is 5.78. The first-order chi connectivity index (χ1) is 9.43.